The summed E-state index contributed by atoms with van der Waals surface area (Å²) in [7, 11) is 3.57. The Hall–Kier alpha value is -1.13. The Morgan fingerprint density at radius 2 is 1.93 bits per heavy atom. The van der Waals surface area contributed by atoms with E-state index >= 15 is 0 Å². The molecular formula is C22H37IN4O3. The smallest absolute Gasteiger partial charge is 0.218 e. The summed E-state index contributed by atoms with van der Waals surface area (Å²) in [5.74, 6) is 1.68. The number of nitrogens with zero attached hydrogens (tertiary/aromatic N) is 3. The van der Waals surface area contributed by atoms with Crippen molar-refractivity contribution in [3.05, 3.63) is 23.9 Å². The van der Waals surface area contributed by atoms with Crippen LogP contribution in [0.25, 0.3) is 0 Å². The van der Waals surface area contributed by atoms with Crippen LogP contribution >= 0.6 is 24.0 Å². The van der Waals surface area contributed by atoms with Crippen molar-refractivity contribution in [2.45, 2.75) is 63.7 Å². The van der Waals surface area contributed by atoms with Gasteiger partial charge in [-0.3, -0.25) is 4.99 Å². The lowest BCUT2D eigenvalue weighted by Gasteiger charge is -2.34. The molecule has 1 saturated heterocycles. The second-order valence-corrected chi connectivity index (χ2v) is 7.80. The van der Waals surface area contributed by atoms with Crippen LogP contribution in [0, 0.1) is 0 Å². The molecular weight excluding hydrogens is 495 g/mol. The number of piperidine rings is 1. The number of nitrogens with one attached hydrogen (secondary N) is 1. The Labute approximate surface area is 198 Å². The highest BCUT2D eigenvalue weighted by molar-refractivity contribution is 14.0. The van der Waals surface area contributed by atoms with Crippen LogP contribution in [0.5, 0.6) is 5.88 Å². The van der Waals surface area contributed by atoms with Gasteiger partial charge in [0.1, 0.15) is 6.10 Å². The van der Waals surface area contributed by atoms with Gasteiger partial charge in [0.2, 0.25) is 5.88 Å². The summed E-state index contributed by atoms with van der Waals surface area (Å²) in [4.78, 5) is 11.3. The summed E-state index contributed by atoms with van der Waals surface area (Å²) in [5.41, 5.74) is 1.08. The van der Waals surface area contributed by atoms with Gasteiger partial charge in [0.15, 0.2) is 5.96 Å². The van der Waals surface area contributed by atoms with E-state index < -0.39 is 0 Å². The summed E-state index contributed by atoms with van der Waals surface area (Å²) < 4.78 is 17.2. The molecule has 2 fully saturated rings. The Morgan fingerprint density at radius 1 is 1.17 bits per heavy atom. The van der Waals surface area contributed by atoms with Gasteiger partial charge in [-0.25, -0.2) is 4.98 Å². The van der Waals surface area contributed by atoms with Crippen LogP contribution in [0.1, 0.15) is 50.5 Å². The molecule has 0 radical (unpaired) electrons. The maximum Gasteiger partial charge on any atom is 0.218 e. The number of hydrogen-bond acceptors (Lipinski definition) is 5. The first-order valence-electron chi connectivity index (χ1n) is 11.0. The Bertz CT molecular complexity index is 633. The molecule has 0 amide bonds. The number of guanidine groups is 1. The van der Waals surface area contributed by atoms with Gasteiger partial charge in [0.25, 0.3) is 0 Å². The Morgan fingerprint density at radius 3 is 2.63 bits per heavy atom. The number of halogens is 1. The van der Waals surface area contributed by atoms with E-state index in [2.05, 4.69) is 26.3 Å². The normalized spacial score (nSPS) is 18.3. The molecule has 8 heteroatoms. The highest BCUT2D eigenvalue weighted by Gasteiger charge is 2.22. The number of methoxy groups -OCH3 is 1. The zero-order valence-corrected chi connectivity index (χ0v) is 20.7. The molecule has 2 aliphatic rings. The van der Waals surface area contributed by atoms with Crippen LogP contribution in [0.2, 0.25) is 0 Å². The topological polar surface area (TPSA) is 68.2 Å². The van der Waals surface area contributed by atoms with Gasteiger partial charge in [0, 0.05) is 58.8 Å². The predicted octanol–water partition coefficient (Wildman–Crippen LogP) is 3.61. The number of rotatable bonds is 9. The molecule has 3 rings (SSSR count). The van der Waals surface area contributed by atoms with E-state index in [0.717, 1.165) is 75.8 Å². The van der Waals surface area contributed by atoms with Crippen LogP contribution in [-0.2, 0) is 16.0 Å². The number of ether oxygens (including phenoxy) is 3. The van der Waals surface area contributed by atoms with Gasteiger partial charge >= 0.3 is 0 Å². The van der Waals surface area contributed by atoms with Gasteiger partial charge in [0.05, 0.1) is 6.10 Å². The number of aromatic nitrogens is 1. The molecule has 0 unspecified atom stereocenters. The van der Waals surface area contributed by atoms with Crippen molar-refractivity contribution in [1.82, 2.24) is 15.2 Å². The lowest BCUT2D eigenvalue weighted by Crippen LogP contribution is -2.46. The monoisotopic (exact) mass is 532 g/mol. The first-order chi connectivity index (χ1) is 14.3. The van der Waals surface area contributed by atoms with Crippen LogP contribution in [-0.4, -0.2) is 68.5 Å². The third kappa shape index (κ3) is 7.85. The molecule has 1 N–H and O–H groups in total. The lowest BCUT2D eigenvalue weighted by molar-refractivity contribution is 0.00989. The summed E-state index contributed by atoms with van der Waals surface area (Å²) in [6.45, 7) is 4.10. The SMILES string of the molecule is CN=C(NCc1cccnc1OC1CCCC1)N1CCC(OCCCOC)CC1.I. The number of likely N-dealkylation sites (tertiary alicyclic amines) is 1. The molecule has 1 aliphatic carbocycles. The summed E-state index contributed by atoms with van der Waals surface area (Å²) >= 11 is 0. The van der Waals surface area contributed by atoms with E-state index in [1.165, 1.54) is 12.8 Å². The van der Waals surface area contributed by atoms with E-state index in [4.69, 9.17) is 14.2 Å². The fourth-order valence-electron chi connectivity index (χ4n) is 4.02. The Kier molecular flexibility index (Phi) is 11.8. The molecule has 0 aromatic carbocycles. The molecule has 1 aliphatic heterocycles. The molecule has 30 heavy (non-hydrogen) atoms. The average molecular weight is 532 g/mol. The predicted molar refractivity (Wildman–Crippen MR) is 130 cm³/mol. The zero-order chi connectivity index (χ0) is 20.3. The second-order valence-electron chi connectivity index (χ2n) is 7.80. The fraction of sp³-hybridized carbons (Fsp3) is 0.727. The summed E-state index contributed by atoms with van der Waals surface area (Å²) in [6, 6.07) is 4.05. The third-order valence-corrected chi connectivity index (χ3v) is 5.67. The van der Waals surface area contributed by atoms with E-state index in [1.54, 1.807) is 13.3 Å². The summed E-state index contributed by atoms with van der Waals surface area (Å²) in [6.07, 6.45) is 10.2. The van der Waals surface area contributed by atoms with Crippen LogP contribution in [0.4, 0.5) is 0 Å². The first kappa shape index (κ1) is 25.1. The van der Waals surface area contributed by atoms with E-state index in [1.807, 2.05) is 13.1 Å². The number of aliphatic imine (C=N–C) groups is 1. The van der Waals surface area contributed by atoms with Gasteiger partial charge < -0.3 is 24.4 Å². The minimum Gasteiger partial charge on any atom is -0.474 e. The zero-order valence-electron chi connectivity index (χ0n) is 18.3. The maximum absolute atomic E-state index is 6.16. The largest absolute Gasteiger partial charge is 0.474 e. The Balaban J connectivity index is 0.00000320. The molecule has 0 atom stereocenters. The highest BCUT2D eigenvalue weighted by atomic mass is 127. The maximum atomic E-state index is 6.16. The fourth-order valence-corrected chi connectivity index (χ4v) is 4.02. The molecule has 1 saturated carbocycles. The number of pyridine rings is 1. The van der Waals surface area contributed by atoms with Crippen molar-refractivity contribution in [1.29, 1.82) is 0 Å². The molecule has 1 aromatic heterocycles. The molecule has 0 bridgehead atoms. The van der Waals surface area contributed by atoms with E-state index in [-0.39, 0.29) is 24.0 Å². The molecule has 1 aromatic rings. The van der Waals surface area contributed by atoms with Crippen molar-refractivity contribution in [2.24, 2.45) is 4.99 Å². The standard InChI is InChI=1S/C22H36N4O3.HI/c1-23-22(26-13-10-19(11-14-26)28-16-6-15-27-2)25-17-18-7-5-12-24-21(18)29-20-8-3-4-9-20;/h5,7,12,19-20H,3-4,6,8-11,13-17H2,1-2H3,(H,23,25);1H. The first-order valence-corrected chi connectivity index (χ1v) is 11.0. The van der Waals surface area contributed by atoms with Crippen molar-refractivity contribution < 1.29 is 14.2 Å². The third-order valence-electron chi connectivity index (χ3n) is 5.67. The van der Waals surface area contributed by atoms with Crippen molar-refractivity contribution in [3.8, 4) is 5.88 Å². The molecule has 170 valence electrons. The minimum atomic E-state index is 0. The van der Waals surface area contributed by atoms with Crippen LogP contribution < -0.4 is 10.1 Å². The molecule has 0 spiro atoms. The van der Waals surface area contributed by atoms with Crippen molar-refractivity contribution in [2.75, 3.05) is 40.5 Å². The van der Waals surface area contributed by atoms with Gasteiger partial charge in [-0.05, 0) is 51.0 Å². The number of hydrogen-bond donors (Lipinski definition) is 1. The lowest BCUT2D eigenvalue weighted by atomic mass is 10.1. The highest BCUT2D eigenvalue weighted by Crippen LogP contribution is 2.25. The van der Waals surface area contributed by atoms with Crippen LogP contribution in [0.15, 0.2) is 23.3 Å². The van der Waals surface area contributed by atoms with Crippen LogP contribution in [0.3, 0.4) is 0 Å². The second kappa shape index (κ2) is 14.0. The van der Waals surface area contributed by atoms with Crippen molar-refractivity contribution >= 4 is 29.9 Å². The van der Waals surface area contributed by atoms with Gasteiger partial charge in [-0.2, -0.15) is 0 Å². The average Bonchev–Trinajstić information content (AvgIpc) is 3.27. The molecule has 7 nitrogen and oxygen atoms in total. The summed E-state index contributed by atoms with van der Waals surface area (Å²) in [5, 5.41) is 3.49. The minimum absolute atomic E-state index is 0. The van der Waals surface area contributed by atoms with Gasteiger partial charge in [-0.15, -0.1) is 24.0 Å². The van der Waals surface area contributed by atoms with Gasteiger partial charge in [-0.1, -0.05) is 6.07 Å². The van der Waals surface area contributed by atoms with E-state index in [9.17, 15) is 0 Å². The van der Waals surface area contributed by atoms with Crippen molar-refractivity contribution in [3.63, 3.8) is 0 Å². The molecule has 2 heterocycles. The van der Waals surface area contributed by atoms with E-state index in [0.29, 0.717) is 18.8 Å². The quantitative estimate of drug-likeness (QED) is 0.227.